The predicted octanol–water partition coefficient (Wildman–Crippen LogP) is 7.21. The molecule has 0 bridgehead atoms. The molecule has 8 nitrogen and oxygen atoms in total. The Kier molecular flexibility index (Phi) is 6.70. The summed E-state index contributed by atoms with van der Waals surface area (Å²) in [6.45, 7) is 7.64. The maximum atomic E-state index is 12.5. The van der Waals surface area contributed by atoms with E-state index in [0.717, 1.165) is 36.9 Å². The van der Waals surface area contributed by atoms with Gasteiger partial charge in [-0.1, -0.05) is 24.8 Å². The Labute approximate surface area is 216 Å². The third-order valence-electron chi connectivity index (χ3n) is 5.20. The molecule has 3 heterocycles. The number of anilines is 4. The summed E-state index contributed by atoms with van der Waals surface area (Å²) in [7, 11) is 0. The van der Waals surface area contributed by atoms with E-state index >= 15 is 0 Å². The molecule has 5 aromatic rings. The van der Waals surface area contributed by atoms with Crippen LogP contribution in [0, 0.1) is 13.8 Å². The van der Waals surface area contributed by atoms with Gasteiger partial charge in [-0.3, -0.25) is 10.4 Å². The second-order valence-electron chi connectivity index (χ2n) is 8.02. The van der Waals surface area contributed by atoms with E-state index in [-0.39, 0.29) is 6.03 Å². The number of aromatic nitrogens is 4. The molecule has 0 aliphatic rings. The molecule has 4 N–H and O–H groups in total. The highest BCUT2D eigenvalue weighted by Crippen LogP contribution is 2.32. The van der Waals surface area contributed by atoms with E-state index in [1.54, 1.807) is 17.4 Å². The van der Waals surface area contributed by atoms with E-state index in [1.807, 2.05) is 74.5 Å². The SMILES string of the molecule is C=Cc1cc(Nc2cc(C)nc(Sc3ccc(NC(=O)Nc4cc5ccccc5s4)cc3C)n2)n[nH]1. The van der Waals surface area contributed by atoms with Gasteiger partial charge in [0.25, 0.3) is 0 Å². The molecule has 0 spiro atoms. The molecule has 0 saturated heterocycles. The van der Waals surface area contributed by atoms with Gasteiger partial charge < -0.3 is 10.6 Å². The number of nitrogens with zero attached hydrogens (tertiary/aromatic N) is 3. The number of urea groups is 1. The first-order valence-corrected chi connectivity index (χ1v) is 12.7. The number of nitrogens with one attached hydrogen (secondary N) is 4. The number of thiophene rings is 1. The Bertz CT molecular complexity index is 1540. The van der Waals surface area contributed by atoms with Crippen molar-refractivity contribution in [3.63, 3.8) is 0 Å². The molecule has 3 aromatic heterocycles. The average Bonchev–Trinajstić information content (AvgIpc) is 3.46. The Balaban J connectivity index is 1.25. The number of hydrogen-bond donors (Lipinski definition) is 4. The molecule has 2 aromatic carbocycles. The summed E-state index contributed by atoms with van der Waals surface area (Å²) < 4.78 is 1.13. The van der Waals surface area contributed by atoms with Gasteiger partial charge in [0.05, 0.1) is 10.7 Å². The van der Waals surface area contributed by atoms with Crippen molar-refractivity contribution in [3.8, 4) is 0 Å². The Morgan fingerprint density at radius 3 is 2.67 bits per heavy atom. The quantitative estimate of drug-likeness (QED) is 0.171. The first-order chi connectivity index (χ1) is 17.4. The lowest BCUT2D eigenvalue weighted by Gasteiger charge is -2.11. The van der Waals surface area contributed by atoms with Gasteiger partial charge >= 0.3 is 6.03 Å². The number of amides is 2. The van der Waals surface area contributed by atoms with Crippen molar-refractivity contribution in [1.29, 1.82) is 0 Å². The molecular formula is C26H23N7OS2. The van der Waals surface area contributed by atoms with Crippen LogP contribution < -0.4 is 16.0 Å². The van der Waals surface area contributed by atoms with Crippen LogP contribution in [0.1, 0.15) is 17.0 Å². The maximum absolute atomic E-state index is 12.5. The summed E-state index contributed by atoms with van der Waals surface area (Å²) in [5.74, 6) is 1.31. The summed E-state index contributed by atoms with van der Waals surface area (Å²) in [5.41, 5.74) is 3.37. The molecule has 0 unspecified atom stereocenters. The largest absolute Gasteiger partial charge is 0.324 e. The molecule has 0 radical (unpaired) electrons. The third-order valence-corrected chi connectivity index (χ3v) is 7.28. The van der Waals surface area contributed by atoms with Gasteiger partial charge in [-0.25, -0.2) is 14.8 Å². The summed E-state index contributed by atoms with van der Waals surface area (Å²) in [6.07, 6.45) is 1.69. The predicted molar refractivity (Wildman–Crippen MR) is 148 cm³/mol. The number of aromatic amines is 1. The van der Waals surface area contributed by atoms with Gasteiger partial charge in [-0.05, 0) is 73.0 Å². The molecule has 0 fully saturated rings. The highest BCUT2D eigenvalue weighted by molar-refractivity contribution is 7.99. The minimum atomic E-state index is -0.280. The van der Waals surface area contributed by atoms with Crippen molar-refractivity contribution in [2.75, 3.05) is 16.0 Å². The van der Waals surface area contributed by atoms with Crippen LogP contribution in [0.2, 0.25) is 0 Å². The van der Waals surface area contributed by atoms with Crippen molar-refractivity contribution in [1.82, 2.24) is 20.2 Å². The standard InChI is InChI=1S/C26H23N7OS2/c1-4-18-14-23(33-32-18)29-22-12-16(3)27-26(30-22)36-20-10-9-19(11-15(20)2)28-25(34)31-24-13-17-7-5-6-8-21(17)35-24/h4-14H,1H2,2-3H3,(H2,28,31,34)(H2,27,29,30,32,33). The van der Waals surface area contributed by atoms with Crippen LogP contribution in [0.15, 0.2) is 77.3 Å². The van der Waals surface area contributed by atoms with E-state index < -0.39 is 0 Å². The highest BCUT2D eigenvalue weighted by Gasteiger charge is 2.11. The zero-order chi connectivity index (χ0) is 25.1. The number of H-pyrrole nitrogens is 1. The van der Waals surface area contributed by atoms with Crippen LogP contribution >= 0.6 is 23.1 Å². The maximum Gasteiger partial charge on any atom is 0.324 e. The van der Waals surface area contributed by atoms with Crippen molar-refractivity contribution < 1.29 is 4.79 Å². The first kappa shape index (κ1) is 23.6. The lowest BCUT2D eigenvalue weighted by molar-refractivity contribution is 0.262. The molecule has 2 amide bonds. The lowest BCUT2D eigenvalue weighted by atomic mass is 10.2. The molecule has 5 rings (SSSR count). The van der Waals surface area contributed by atoms with Crippen LogP contribution in [-0.2, 0) is 0 Å². The fourth-order valence-electron chi connectivity index (χ4n) is 3.55. The normalized spacial score (nSPS) is 10.8. The van der Waals surface area contributed by atoms with Crippen LogP contribution in [0.3, 0.4) is 0 Å². The molecule has 0 saturated carbocycles. The van der Waals surface area contributed by atoms with Crippen molar-refractivity contribution >= 4 is 67.6 Å². The van der Waals surface area contributed by atoms with Crippen LogP contribution in [0.5, 0.6) is 0 Å². The fraction of sp³-hybridized carbons (Fsp3) is 0.0769. The fourth-order valence-corrected chi connectivity index (χ4v) is 5.39. The Hall–Kier alpha value is -4.15. The Morgan fingerprint density at radius 2 is 1.89 bits per heavy atom. The lowest BCUT2D eigenvalue weighted by Crippen LogP contribution is -2.18. The summed E-state index contributed by atoms with van der Waals surface area (Å²) in [6, 6.07) is 19.2. The van der Waals surface area contributed by atoms with Crippen molar-refractivity contribution in [2.45, 2.75) is 23.9 Å². The van der Waals surface area contributed by atoms with Crippen molar-refractivity contribution in [2.24, 2.45) is 0 Å². The number of carbonyl (C=O) groups is 1. The zero-order valence-electron chi connectivity index (χ0n) is 19.6. The number of fused-ring (bicyclic) bond motifs is 1. The number of hydrogen-bond acceptors (Lipinski definition) is 7. The molecule has 180 valence electrons. The Morgan fingerprint density at radius 1 is 1.03 bits per heavy atom. The summed E-state index contributed by atoms with van der Waals surface area (Å²) in [5, 5.41) is 18.6. The summed E-state index contributed by atoms with van der Waals surface area (Å²) in [4.78, 5) is 22.7. The van der Waals surface area contributed by atoms with Gasteiger partial charge in [0.15, 0.2) is 11.0 Å². The number of rotatable bonds is 7. The third kappa shape index (κ3) is 5.56. The highest BCUT2D eigenvalue weighted by atomic mass is 32.2. The second-order valence-corrected chi connectivity index (χ2v) is 10.1. The van der Waals surface area contributed by atoms with E-state index in [4.69, 9.17) is 0 Å². The minimum absolute atomic E-state index is 0.280. The molecule has 0 atom stereocenters. The van der Waals surface area contributed by atoms with E-state index in [2.05, 4.69) is 42.7 Å². The molecule has 0 aliphatic carbocycles. The summed E-state index contributed by atoms with van der Waals surface area (Å²) >= 11 is 3.01. The van der Waals surface area contributed by atoms with E-state index in [9.17, 15) is 4.79 Å². The molecule has 10 heteroatoms. The number of carbonyl (C=O) groups excluding carboxylic acids is 1. The molecule has 0 aliphatic heterocycles. The van der Waals surface area contributed by atoms with E-state index in [1.165, 1.54) is 11.8 Å². The van der Waals surface area contributed by atoms with Gasteiger partial charge in [0.1, 0.15) is 5.82 Å². The number of benzene rings is 2. The van der Waals surface area contributed by atoms with E-state index in [0.29, 0.717) is 22.5 Å². The van der Waals surface area contributed by atoms with Crippen LogP contribution in [0.4, 0.5) is 27.1 Å². The van der Waals surface area contributed by atoms with Crippen molar-refractivity contribution in [3.05, 3.63) is 84.2 Å². The minimum Gasteiger partial charge on any atom is -0.323 e. The van der Waals surface area contributed by atoms with Crippen LogP contribution in [0.25, 0.3) is 16.2 Å². The van der Waals surface area contributed by atoms with Crippen LogP contribution in [-0.4, -0.2) is 26.2 Å². The van der Waals surface area contributed by atoms with Gasteiger partial charge in [-0.15, -0.1) is 11.3 Å². The van der Waals surface area contributed by atoms with Gasteiger partial charge in [0.2, 0.25) is 0 Å². The molecular weight excluding hydrogens is 490 g/mol. The topological polar surface area (TPSA) is 108 Å². The second kappa shape index (κ2) is 10.2. The monoisotopic (exact) mass is 513 g/mol. The van der Waals surface area contributed by atoms with Gasteiger partial charge in [0, 0.05) is 33.1 Å². The zero-order valence-corrected chi connectivity index (χ0v) is 21.3. The van der Waals surface area contributed by atoms with Gasteiger partial charge in [-0.2, -0.15) is 5.10 Å². The smallest absolute Gasteiger partial charge is 0.323 e. The first-order valence-electron chi connectivity index (χ1n) is 11.1. The molecule has 36 heavy (non-hydrogen) atoms. The number of aryl methyl sites for hydroxylation is 2. The average molecular weight is 514 g/mol.